The van der Waals surface area contributed by atoms with Crippen molar-refractivity contribution in [2.24, 2.45) is 0 Å². The molecule has 0 aliphatic carbocycles. The molecule has 0 saturated heterocycles. The van der Waals surface area contributed by atoms with Crippen LogP contribution in [0, 0.1) is 0 Å². The molecule has 4 nitrogen and oxygen atoms in total. The molecule has 2 N–H and O–H groups in total. The van der Waals surface area contributed by atoms with Gasteiger partial charge in [-0.15, -0.1) is 5.10 Å². The number of hydrogen-bond acceptors (Lipinski definition) is 4. The molecule has 1 rings (SSSR count). The standard InChI is InChI=1S/C5H5N3O/c6-5-4(3-9)1-2-7-8-5/h1-3H,(H2,6,8). The highest BCUT2D eigenvalue weighted by molar-refractivity contribution is 5.80. The molecule has 1 heterocycles. The maximum Gasteiger partial charge on any atom is 0.156 e. The van der Waals surface area contributed by atoms with Gasteiger partial charge in [-0.2, -0.15) is 5.10 Å². The Morgan fingerprint density at radius 3 is 2.89 bits per heavy atom. The number of rotatable bonds is 1. The molecule has 0 unspecified atom stereocenters. The number of aldehydes is 1. The Bertz CT molecular complexity index is 223. The lowest BCUT2D eigenvalue weighted by Gasteiger charge is -1.90. The minimum Gasteiger partial charge on any atom is -0.382 e. The van der Waals surface area contributed by atoms with Gasteiger partial charge in [-0.1, -0.05) is 0 Å². The van der Waals surface area contributed by atoms with Gasteiger partial charge >= 0.3 is 0 Å². The van der Waals surface area contributed by atoms with Crippen LogP contribution in [0.15, 0.2) is 12.3 Å². The Hall–Kier alpha value is -1.45. The van der Waals surface area contributed by atoms with Gasteiger partial charge < -0.3 is 5.73 Å². The molecule has 0 aliphatic heterocycles. The molecule has 0 bridgehead atoms. The van der Waals surface area contributed by atoms with Gasteiger partial charge in [-0.3, -0.25) is 4.79 Å². The molecule has 0 aromatic carbocycles. The zero-order valence-corrected chi connectivity index (χ0v) is 4.61. The van der Waals surface area contributed by atoms with Gasteiger partial charge in [0, 0.05) is 0 Å². The smallest absolute Gasteiger partial charge is 0.156 e. The largest absolute Gasteiger partial charge is 0.382 e. The van der Waals surface area contributed by atoms with E-state index in [0.717, 1.165) is 0 Å². The first kappa shape index (κ1) is 5.68. The number of nitrogen functional groups attached to an aromatic ring is 1. The summed E-state index contributed by atoms with van der Waals surface area (Å²) in [6.45, 7) is 0. The molecule has 46 valence electrons. The van der Waals surface area contributed by atoms with Crippen molar-refractivity contribution in [3.8, 4) is 0 Å². The van der Waals surface area contributed by atoms with Crippen LogP contribution in [0.5, 0.6) is 0 Å². The van der Waals surface area contributed by atoms with Crippen LogP contribution < -0.4 is 5.73 Å². The van der Waals surface area contributed by atoms with E-state index in [1.54, 1.807) is 0 Å². The molecule has 1 aromatic heterocycles. The average Bonchev–Trinajstić information content (AvgIpc) is 1.89. The van der Waals surface area contributed by atoms with E-state index < -0.39 is 0 Å². The number of nitrogens with zero attached hydrogens (tertiary/aromatic N) is 2. The van der Waals surface area contributed by atoms with Crippen molar-refractivity contribution in [3.05, 3.63) is 17.8 Å². The first-order chi connectivity index (χ1) is 4.34. The first-order valence-electron chi connectivity index (χ1n) is 2.37. The number of carbonyl (C=O) groups is 1. The number of carbonyl (C=O) groups excluding carboxylic acids is 1. The summed E-state index contributed by atoms with van der Waals surface area (Å²) in [5.41, 5.74) is 5.61. The Morgan fingerprint density at radius 2 is 2.44 bits per heavy atom. The summed E-state index contributed by atoms with van der Waals surface area (Å²) in [5.74, 6) is 0.174. The number of aromatic nitrogens is 2. The van der Waals surface area contributed by atoms with E-state index in [1.807, 2.05) is 0 Å². The lowest BCUT2D eigenvalue weighted by atomic mass is 10.3. The van der Waals surface area contributed by atoms with Crippen LogP contribution in [0.2, 0.25) is 0 Å². The maximum absolute atomic E-state index is 10.1. The molecular formula is C5H5N3O. The summed E-state index contributed by atoms with van der Waals surface area (Å²) >= 11 is 0. The van der Waals surface area contributed by atoms with Crippen LogP contribution in [-0.4, -0.2) is 16.5 Å². The quantitative estimate of drug-likeness (QED) is 0.528. The minimum absolute atomic E-state index is 0.174. The third-order valence-electron chi connectivity index (χ3n) is 0.909. The van der Waals surface area contributed by atoms with E-state index in [4.69, 9.17) is 5.73 Å². The van der Waals surface area contributed by atoms with Crippen molar-refractivity contribution in [3.63, 3.8) is 0 Å². The predicted octanol–water partition coefficient (Wildman–Crippen LogP) is -0.129. The van der Waals surface area contributed by atoms with Crippen molar-refractivity contribution >= 4 is 12.1 Å². The topological polar surface area (TPSA) is 68.9 Å². The van der Waals surface area contributed by atoms with Crippen molar-refractivity contribution in [1.29, 1.82) is 0 Å². The molecule has 0 aliphatic rings. The molecular weight excluding hydrogens is 118 g/mol. The van der Waals surface area contributed by atoms with E-state index in [2.05, 4.69) is 10.2 Å². The Balaban J connectivity index is 3.15. The summed E-state index contributed by atoms with van der Waals surface area (Å²) in [6.07, 6.45) is 2.06. The van der Waals surface area contributed by atoms with Crippen LogP contribution in [0.1, 0.15) is 10.4 Å². The number of nitrogens with two attached hydrogens (primary N) is 1. The molecule has 4 heteroatoms. The minimum atomic E-state index is 0.174. The summed E-state index contributed by atoms with van der Waals surface area (Å²) in [6, 6.07) is 1.51. The van der Waals surface area contributed by atoms with Gasteiger partial charge in [0.05, 0.1) is 11.8 Å². The van der Waals surface area contributed by atoms with Gasteiger partial charge in [0.2, 0.25) is 0 Å². The second-order valence-electron chi connectivity index (χ2n) is 1.49. The Labute approximate surface area is 51.7 Å². The maximum atomic E-state index is 10.1. The van der Waals surface area contributed by atoms with E-state index in [0.29, 0.717) is 11.8 Å². The van der Waals surface area contributed by atoms with Gasteiger partial charge in [0.15, 0.2) is 12.1 Å². The van der Waals surface area contributed by atoms with E-state index >= 15 is 0 Å². The Kier molecular flexibility index (Phi) is 1.40. The molecule has 0 radical (unpaired) electrons. The summed E-state index contributed by atoms with van der Waals surface area (Å²) in [5, 5.41) is 6.91. The van der Waals surface area contributed by atoms with Gasteiger partial charge in [-0.05, 0) is 6.07 Å². The predicted molar refractivity (Wildman–Crippen MR) is 31.8 cm³/mol. The van der Waals surface area contributed by atoms with Crippen molar-refractivity contribution in [1.82, 2.24) is 10.2 Å². The summed E-state index contributed by atoms with van der Waals surface area (Å²) < 4.78 is 0. The normalized spacial score (nSPS) is 8.89. The molecule has 0 amide bonds. The highest BCUT2D eigenvalue weighted by atomic mass is 16.1. The summed E-state index contributed by atoms with van der Waals surface area (Å²) in [4.78, 5) is 10.1. The molecule has 0 saturated carbocycles. The van der Waals surface area contributed by atoms with Crippen molar-refractivity contribution < 1.29 is 4.79 Å². The van der Waals surface area contributed by atoms with Crippen LogP contribution in [-0.2, 0) is 0 Å². The molecule has 1 aromatic rings. The third kappa shape index (κ3) is 1.02. The third-order valence-corrected chi connectivity index (χ3v) is 0.909. The molecule has 9 heavy (non-hydrogen) atoms. The number of hydrogen-bond donors (Lipinski definition) is 1. The van der Waals surface area contributed by atoms with Crippen LogP contribution in [0.3, 0.4) is 0 Å². The average molecular weight is 123 g/mol. The first-order valence-corrected chi connectivity index (χ1v) is 2.37. The van der Waals surface area contributed by atoms with Crippen LogP contribution in [0.25, 0.3) is 0 Å². The second kappa shape index (κ2) is 2.21. The highest BCUT2D eigenvalue weighted by Crippen LogP contribution is 1.99. The van der Waals surface area contributed by atoms with Crippen molar-refractivity contribution in [2.45, 2.75) is 0 Å². The Morgan fingerprint density at radius 1 is 1.67 bits per heavy atom. The molecule has 0 atom stereocenters. The highest BCUT2D eigenvalue weighted by Gasteiger charge is 1.94. The monoisotopic (exact) mass is 123 g/mol. The summed E-state index contributed by atoms with van der Waals surface area (Å²) in [7, 11) is 0. The fraction of sp³-hybridized carbons (Fsp3) is 0. The SMILES string of the molecule is Nc1nnccc1C=O. The van der Waals surface area contributed by atoms with Crippen LogP contribution >= 0.6 is 0 Å². The lowest BCUT2D eigenvalue weighted by molar-refractivity contribution is 0.112. The van der Waals surface area contributed by atoms with Crippen molar-refractivity contribution in [2.75, 3.05) is 5.73 Å². The van der Waals surface area contributed by atoms with E-state index in [-0.39, 0.29) is 5.82 Å². The fourth-order valence-corrected chi connectivity index (χ4v) is 0.452. The van der Waals surface area contributed by atoms with Gasteiger partial charge in [0.25, 0.3) is 0 Å². The van der Waals surface area contributed by atoms with Gasteiger partial charge in [-0.25, -0.2) is 0 Å². The van der Waals surface area contributed by atoms with E-state index in [1.165, 1.54) is 12.3 Å². The van der Waals surface area contributed by atoms with Gasteiger partial charge in [0.1, 0.15) is 0 Å². The van der Waals surface area contributed by atoms with Crippen LogP contribution in [0.4, 0.5) is 5.82 Å². The zero-order valence-electron chi connectivity index (χ0n) is 4.61. The van der Waals surface area contributed by atoms with E-state index in [9.17, 15) is 4.79 Å². The fourth-order valence-electron chi connectivity index (χ4n) is 0.452. The second-order valence-corrected chi connectivity index (χ2v) is 1.49. The zero-order chi connectivity index (χ0) is 6.69. The molecule has 0 spiro atoms. The molecule has 0 fully saturated rings. The number of anilines is 1. The lowest BCUT2D eigenvalue weighted by Crippen LogP contribution is -1.96.